The van der Waals surface area contributed by atoms with E-state index in [-0.39, 0.29) is 34.8 Å². The Morgan fingerprint density at radius 2 is 1.62 bits per heavy atom. The number of benzene rings is 3. The van der Waals surface area contributed by atoms with E-state index in [9.17, 15) is 28.1 Å². The normalized spacial score (nSPS) is 12.0. The molecule has 12 heteroatoms. The van der Waals surface area contributed by atoms with Gasteiger partial charge in [-0.1, -0.05) is 30.3 Å². The lowest BCUT2D eigenvalue weighted by molar-refractivity contribution is -0.385. The zero-order valence-electron chi connectivity index (χ0n) is 24.5. The number of aryl methyl sites for hydroxylation is 2. The molecular weight excluding hydrogens is 560 g/mol. The number of nitrogens with one attached hydrogen (secondary N) is 1. The van der Waals surface area contributed by atoms with E-state index in [2.05, 4.69) is 5.32 Å². The molecule has 0 fully saturated rings. The molecule has 3 rings (SSSR count). The second kappa shape index (κ2) is 13.5. The summed E-state index contributed by atoms with van der Waals surface area (Å²) in [7, 11) is -3.02. The van der Waals surface area contributed by atoms with E-state index >= 15 is 0 Å². The summed E-state index contributed by atoms with van der Waals surface area (Å²) in [4.78, 5) is 39.0. The number of methoxy groups -OCH3 is 1. The third kappa shape index (κ3) is 7.43. The van der Waals surface area contributed by atoms with Gasteiger partial charge >= 0.3 is 0 Å². The minimum atomic E-state index is -4.48. The number of nitrogens with zero attached hydrogens (tertiary/aromatic N) is 3. The van der Waals surface area contributed by atoms with Crippen molar-refractivity contribution in [2.24, 2.45) is 0 Å². The van der Waals surface area contributed by atoms with Crippen LogP contribution in [0, 0.1) is 24.0 Å². The molecule has 3 aromatic carbocycles. The molecule has 0 saturated carbocycles. The molecule has 42 heavy (non-hydrogen) atoms. The lowest BCUT2D eigenvalue weighted by Gasteiger charge is -2.32. The van der Waals surface area contributed by atoms with Crippen LogP contribution in [-0.2, 0) is 26.2 Å². The van der Waals surface area contributed by atoms with Crippen molar-refractivity contribution < 1.29 is 27.7 Å². The molecule has 3 aromatic rings. The number of rotatable bonds is 12. The number of ether oxygens (including phenoxy) is 1. The first-order valence-corrected chi connectivity index (χ1v) is 14.8. The van der Waals surface area contributed by atoms with E-state index in [0.717, 1.165) is 21.5 Å². The van der Waals surface area contributed by atoms with Gasteiger partial charge in [0, 0.05) is 24.2 Å². The summed E-state index contributed by atoms with van der Waals surface area (Å²) in [6.07, 6.45) is 0. The lowest BCUT2D eigenvalue weighted by Crippen LogP contribution is -2.52. The van der Waals surface area contributed by atoms with E-state index in [1.807, 2.05) is 31.2 Å². The first-order chi connectivity index (χ1) is 19.8. The number of nitro benzene ring substituents is 1. The van der Waals surface area contributed by atoms with Gasteiger partial charge in [-0.05, 0) is 76.1 Å². The van der Waals surface area contributed by atoms with Gasteiger partial charge in [0.25, 0.3) is 15.7 Å². The topological polar surface area (TPSA) is 139 Å². The van der Waals surface area contributed by atoms with Crippen molar-refractivity contribution >= 4 is 33.2 Å². The Kier molecular flexibility index (Phi) is 10.3. The fourth-order valence-corrected chi connectivity index (χ4v) is 5.74. The summed E-state index contributed by atoms with van der Waals surface area (Å²) in [5.41, 5.74) is 1.77. The van der Waals surface area contributed by atoms with Crippen molar-refractivity contribution in [2.75, 3.05) is 18.0 Å². The highest BCUT2D eigenvalue weighted by molar-refractivity contribution is 7.92. The number of carbonyl (C=O) groups is 2. The zero-order valence-corrected chi connectivity index (χ0v) is 25.3. The predicted molar refractivity (Wildman–Crippen MR) is 160 cm³/mol. The molecule has 11 nitrogen and oxygen atoms in total. The zero-order chi connectivity index (χ0) is 31.2. The summed E-state index contributed by atoms with van der Waals surface area (Å²) in [5.74, 6) is -0.556. The predicted octanol–water partition coefficient (Wildman–Crippen LogP) is 4.36. The number of anilines is 1. The number of nitro groups is 1. The molecule has 1 atom stereocenters. The highest BCUT2D eigenvalue weighted by Crippen LogP contribution is 2.29. The molecule has 0 aliphatic carbocycles. The van der Waals surface area contributed by atoms with E-state index in [4.69, 9.17) is 4.74 Å². The van der Waals surface area contributed by atoms with Crippen LogP contribution >= 0.6 is 0 Å². The van der Waals surface area contributed by atoms with E-state index in [0.29, 0.717) is 11.3 Å². The Morgan fingerprint density at radius 1 is 0.976 bits per heavy atom. The van der Waals surface area contributed by atoms with Crippen LogP contribution in [0.15, 0.2) is 71.6 Å². The van der Waals surface area contributed by atoms with Crippen LogP contribution < -0.4 is 14.4 Å². The maximum absolute atomic E-state index is 14.0. The third-order valence-corrected chi connectivity index (χ3v) is 8.57. The van der Waals surface area contributed by atoms with Crippen LogP contribution in [0.2, 0.25) is 0 Å². The smallest absolute Gasteiger partial charge is 0.273 e. The monoisotopic (exact) mass is 596 g/mol. The number of hydrogen-bond donors (Lipinski definition) is 1. The largest absolute Gasteiger partial charge is 0.497 e. The fourth-order valence-electron chi connectivity index (χ4n) is 4.31. The SMILES string of the molecule is COc1ccc(N(CC(=O)N(Cc2ccccc2C)[C@@H](C)C(=O)NC(C)C)S(=O)(=O)c2ccc(C)c([N+](=O)[O-])c2)cc1. The second-order valence-electron chi connectivity index (χ2n) is 10.2. The van der Waals surface area contributed by atoms with Crippen molar-refractivity contribution in [2.45, 2.75) is 58.1 Å². The van der Waals surface area contributed by atoms with Crippen molar-refractivity contribution in [3.8, 4) is 5.75 Å². The average Bonchev–Trinajstić information content (AvgIpc) is 2.94. The summed E-state index contributed by atoms with van der Waals surface area (Å²) in [5, 5.41) is 14.4. The molecule has 0 aliphatic heterocycles. The van der Waals surface area contributed by atoms with Crippen molar-refractivity contribution in [3.63, 3.8) is 0 Å². The Hall–Kier alpha value is -4.45. The van der Waals surface area contributed by atoms with Crippen LogP contribution in [0.1, 0.15) is 37.5 Å². The molecule has 0 radical (unpaired) electrons. The molecule has 0 aliphatic rings. The van der Waals surface area contributed by atoms with Gasteiger partial charge in [0.15, 0.2) is 0 Å². The number of sulfonamides is 1. The van der Waals surface area contributed by atoms with Crippen molar-refractivity contribution in [3.05, 3.63) is 93.5 Å². The highest BCUT2D eigenvalue weighted by Gasteiger charge is 2.33. The molecule has 0 aromatic heterocycles. The molecule has 0 heterocycles. The van der Waals surface area contributed by atoms with Gasteiger partial charge in [0.1, 0.15) is 18.3 Å². The van der Waals surface area contributed by atoms with Crippen LogP contribution in [0.4, 0.5) is 11.4 Å². The van der Waals surface area contributed by atoms with Gasteiger partial charge in [0.2, 0.25) is 11.8 Å². The standard InChI is InChI=1S/C30H36N4O7S/c1-20(2)31-30(36)23(5)32(18-24-10-8-7-9-21(24)3)29(35)19-33(25-12-14-26(41-6)15-13-25)42(39,40)27-16-11-22(4)28(17-27)34(37)38/h7-17,20,23H,18-19H2,1-6H3,(H,31,36)/t23-/m0/s1. The molecule has 0 spiro atoms. The van der Waals surface area contributed by atoms with Crippen LogP contribution in [0.3, 0.4) is 0 Å². The summed E-state index contributed by atoms with van der Waals surface area (Å²) < 4.78 is 34.1. The lowest BCUT2D eigenvalue weighted by atomic mass is 10.1. The van der Waals surface area contributed by atoms with Crippen LogP contribution in [0.5, 0.6) is 5.75 Å². The summed E-state index contributed by atoms with van der Waals surface area (Å²) in [6, 6.07) is 15.9. The molecule has 0 unspecified atom stereocenters. The average molecular weight is 597 g/mol. The number of amides is 2. The quantitative estimate of drug-likeness (QED) is 0.242. The minimum absolute atomic E-state index is 0.0602. The molecule has 0 bridgehead atoms. The number of hydrogen-bond acceptors (Lipinski definition) is 7. The molecule has 1 N–H and O–H groups in total. The Labute approximate surface area is 246 Å². The van der Waals surface area contributed by atoms with Crippen LogP contribution in [-0.4, -0.2) is 55.8 Å². The Morgan fingerprint density at radius 3 is 2.19 bits per heavy atom. The fraction of sp³-hybridized carbons (Fsp3) is 0.333. The Balaban J connectivity index is 2.10. The Bertz CT molecular complexity index is 1560. The first-order valence-electron chi connectivity index (χ1n) is 13.3. The third-order valence-electron chi connectivity index (χ3n) is 6.80. The van der Waals surface area contributed by atoms with E-state index in [1.165, 1.54) is 43.2 Å². The van der Waals surface area contributed by atoms with E-state index < -0.39 is 33.4 Å². The van der Waals surface area contributed by atoms with Gasteiger partial charge in [-0.25, -0.2) is 8.42 Å². The van der Waals surface area contributed by atoms with Gasteiger partial charge in [-0.15, -0.1) is 0 Å². The summed E-state index contributed by atoms with van der Waals surface area (Å²) >= 11 is 0. The second-order valence-corrected chi connectivity index (χ2v) is 12.1. The highest BCUT2D eigenvalue weighted by atomic mass is 32.2. The maximum atomic E-state index is 14.0. The van der Waals surface area contributed by atoms with Gasteiger partial charge in [-0.2, -0.15) is 0 Å². The maximum Gasteiger partial charge on any atom is 0.273 e. The molecular formula is C30H36N4O7S. The molecule has 224 valence electrons. The summed E-state index contributed by atoms with van der Waals surface area (Å²) in [6.45, 7) is 7.98. The van der Waals surface area contributed by atoms with Gasteiger partial charge in [0.05, 0.1) is 22.6 Å². The minimum Gasteiger partial charge on any atom is -0.497 e. The first kappa shape index (κ1) is 32.1. The van der Waals surface area contributed by atoms with Crippen molar-refractivity contribution in [1.82, 2.24) is 10.2 Å². The van der Waals surface area contributed by atoms with Crippen LogP contribution in [0.25, 0.3) is 0 Å². The van der Waals surface area contributed by atoms with Crippen molar-refractivity contribution in [1.29, 1.82) is 0 Å². The molecule has 2 amide bonds. The van der Waals surface area contributed by atoms with Gasteiger partial charge < -0.3 is 15.0 Å². The van der Waals surface area contributed by atoms with E-state index in [1.54, 1.807) is 32.9 Å². The molecule has 0 saturated heterocycles. The van der Waals surface area contributed by atoms with Gasteiger partial charge in [-0.3, -0.25) is 24.0 Å². The number of carbonyl (C=O) groups excluding carboxylic acids is 2.